The maximum atomic E-state index is 13.5. The summed E-state index contributed by atoms with van der Waals surface area (Å²) in [6.07, 6.45) is 2.62. The van der Waals surface area contributed by atoms with Gasteiger partial charge in [0.05, 0.1) is 5.56 Å². The van der Waals surface area contributed by atoms with Crippen LogP contribution in [0.2, 0.25) is 0 Å². The number of hydrogen-bond acceptors (Lipinski definition) is 2. The molecule has 2 aromatic carbocycles. The first-order valence-corrected chi connectivity index (χ1v) is 6.33. The van der Waals surface area contributed by atoms with Gasteiger partial charge in [0.25, 0.3) is 0 Å². The van der Waals surface area contributed by atoms with Crippen molar-refractivity contribution in [3.63, 3.8) is 0 Å². The van der Waals surface area contributed by atoms with E-state index in [1.54, 1.807) is 24.3 Å². The molecule has 0 aliphatic rings. The molecule has 2 nitrogen and oxygen atoms in total. The predicted octanol–water partition coefficient (Wildman–Crippen LogP) is 4.19. The Morgan fingerprint density at radius 3 is 2.58 bits per heavy atom. The lowest BCUT2D eigenvalue weighted by atomic mass is 10.1. The van der Waals surface area contributed by atoms with Crippen LogP contribution in [-0.2, 0) is 0 Å². The van der Waals surface area contributed by atoms with E-state index in [0.717, 1.165) is 0 Å². The Kier molecular flexibility index (Phi) is 4.12. The number of halogens is 2. The summed E-state index contributed by atoms with van der Waals surface area (Å²) in [4.78, 5) is 11.9. The van der Waals surface area contributed by atoms with Crippen molar-refractivity contribution < 1.29 is 14.3 Å². The second-order valence-electron chi connectivity index (χ2n) is 3.85. The molecule has 1 N–H and O–H groups in total. The lowest BCUT2D eigenvalue weighted by Crippen LogP contribution is -1.94. The molecule has 0 bridgehead atoms. The van der Waals surface area contributed by atoms with Gasteiger partial charge >= 0.3 is 0 Å². The van der Waals surface area contributed by atoms with Gasteiger partial charge in [-0.3, -0.25) is 4.79 Å². The summed E-state index contributed by atoms with van der Waals surface area (Å²) in [5.74, 6) is -0.895. The van der Waals surface area contributed by atoms with Gasteiger partial charge in [-0.1, -0.05) is 34.1 Å². The van der Waals surface area contributed by atoms with E-state index in [-0.39, 0.29) is 17.1 Å². The third-order valence-corrected chi connectivity index (χ3v) is 3.26. The molecular weight excluding hydrogens is 311 g/mol. The Morgan fingerprint density at radius 2 is 1.89 bits per heavy atom. The zero-order valence-corrected chi connectivity index (χ0v) is 11.4. The van der Waals surface area contributed by atoms with Crippen LogP contribution in [0.4, 0.5) is 4.39 Å². The van der Waals surface area contributed by atoms with Crippen LogP contribution in [0.15, 0.2) is 53.0 Å². The summed E-state index contributed by atoms with van der Waals surface area (Å²) >= 11 is 3.22. The summed E-state index contributed by atoms with van der Waals surface area (Å²) < 4.78 is 14.1. The van der Waals surface area contributed by atoms with Gasteiger partial charge in [-0.15, -0.1) is 0 Å². The predicted molar refractivity (Wildman–Crippen MR) is 75.6 cm³/mol. The van der Waals surface area contributed by atoms with Crippen molar-refractivity contribution in [2.45, 2.75) is 0 Å². The highest BCUT2D eigenvalue weighted by Gasteiger charge is 2.08. The van der Waals surface area contributed by atoms with E-state index in [0.29, 0.717) is 10.0 Å². The third-order valence-electron chi connectivity index (χ3n) is 2.57. The fourth-order valence-electron chi connectivity index (χ4n) is 1.60. The number of carbonyl (C=O) groups is 1. The van der Waals surface area contributed by atoms with Crippen LogP contribution in [0.1, 0.15) is 15.9 Å². The highest BCUT2D eigenvalue weighted by molar-refractivity contribution is 9.10. The molecule has 2 rings (SSSR count). The maximum absolute atomic E-state index is 13.5. The maximum Gasteiger partial charge on any atom is 0.189 e. The molecule has 0 saturated heterocycles. The molecule has 0 atom stereocenters. The third kappa shape index (κ3) is 3.09. The van der Waals surface area contributed by atoms with Gasteiger partial charge in [-0.05, 0) is 36.4 Å². The van der Waals surface area contributed by atoms with Crippen LogP contribution in [0.5, 0.6) is 5.75 Å². The van der Waals surface area contributed by atoms with Crippen molar-refractivity contribution in [3.8, 4) is 5.75 Å². The van der Waals surface area contributed by atoms with Crippen LogP contribution in [-0.4, -0.2) is 10.9 Å². The van der Waals surface area contributed by atoms with Gasteiger partial charge in [-0.25, -0.2) is 4.39 Å². The monoisotopic (exact) mass is 320 g/mol. The summed E-state index contributed by atoms with van der Waals surface area (Å²) in [5, 5.41) is 9.55. The van der Waals surface area contributed by atoms with Gasteiger partial charge in [0.2, 0.25) is 0 Å². The SMILES string of the molecule is O=C(/C=C/c1c(F)cccc1Br)c1ccccc1O. The van der Waals surface area contributed by atoms with Crippen LogP contribution in [0.3, 0.4) is 0 Å². The minimum Gasteiger partial charge on any atom is -0.507 e. The van der Waals surface area contributed by atoms with Gasteiger partial charge in [-0.2, -0.15) is 0 Å². The van der Waals surface area contributed by atoms with Gasteiger partial charge < -0.3 is 5.11 Å². The quantitative estimate of drug-likeness (QED) is 0.680. The first kappa shape index (κ1) is 13.5. The minimum absolute atomic E-state index is 0.0928. The molecule has 19 heavy (non-hydrogen) atoms. The van der Waals surface area contributed by atoms with Crippen molar-refractivity contribution >= 4 is 27.8 Å². The number of phenolic OH excluding ortho intramolecular Hbond substituents is 1. The van der Waals surface area contributed by atoms with Crippen molar-refractivity contribution in [1.29, 1.82) is 0 Å². The second-order valence-corrected chi connectivity index (χ2v) is 4.70. The molecule has 0 amide bonds. The number of phenols is 1. The molecule has 4 heteroatoms. The van der Waals surface area contributed by atoms with Crippen molar-refractivity contribution in [3.05, 3.63) is 70.0 Å². The number of aromatic hydroxyl groups is 1. The summed E-state index contributed by atoms with van der Waals surface area (Å²) in [6, 6.07) is 10.8. The molecule has 0 heterocycles. The van der Waals surface area contributed by atoms with Crippen LogP contribution < -0.4 is 0 Å². The zero-order valence-electron chi connectivity index (χ0n) is 9.81. The molecule has 0 unspecified atom stereocenters. The zero-order chi connectivity index (χ0) is 13.8. The fourth-order valence-corrected chi connectivity index (χ4v) is 2.07. The molecule has 96 valence electrons. The first-order chi connectivity index (χ1) is 9.09. The topological polar surface area (TPSA) is 37.3 Å². The average molecular weight is 321 g/mol. The number of benzene rings is 2. The van der Waals surface area contributed by atoms with E-state index in [1.807, 2.05) is 0 Å². The van der Waals surface area contributed by atoms with Gasteiger partial charge in [0.1, 0.15) is 11.6 Å². The lowest BCUT2D eigenvalue weighted by molar-refractivity contribution is 0.104. The molecule has 0 radical (unpaired) electrons. The Bertz CT molecular complexity index is 630. The molecule has 0 aliphatic heterocycles. The largest absolute Gasteiger partial charge is 0.507 e. The first-order valence-electron chi connectivity index (χ1n) is 5.54. The molecule has 2 aromatic rings. The Hall–Kier alpha value is -1.94. The lowest BCUT2D eigenvalue weighted by Gasteiger charge is -2.01. The Balaban J connectivity index is 2.29. The number of carbonyl (C=O) groups excluding carboxylic acids is 1. The summed E-state index contributed by atoms with van der Waals surface area (Å²) in [6.45, 7) is 0. The number of hydrogen-bond donors (Lipinski definition) is 1. The Morgan fingerprint density at radius 1 is 1.16 bits per heavy atom. The number of ketones is 1. The summed E-state index contributed by atoms with van der Waals surface area (Å²) in [5.41, 5.74) is 0.484. The molecule has 0 aliphatic carbocycles. The standard InChI is InChI=1S/C15H10BrFO2/c16-12-5-3-6-13(17)10(12)8-9-15(19)11-4-1-2-7-14(11)18/h1-9,18H/b9-8+. The molecule has 0 saturated carbocycles. The van der Waals surface area contributed by atoms with E-state index >= 15 is 0 Å². The smallest absolute Gasteiger partial charge is 0.189 e. The van der Waals surface area contributed by atoms with Crippen LogP contribution in [0, 0.1) is 5.82 Å². The van der Waals surface area contributed by atoms with Crippen molar-refractivity contribution in [2.24, 2.45) is 0 Å². The second kappa shape index (κ2) is 5.80. The minimum atomic E-state index is -0.421. The average Bonchev–Trinajstić information content (AvgIpc) is 2.38. The van der Waals surface area contributed by atoms with Crippen LogP contribution >= 0.6 is 15.9 Å². The van der Waals surface area contributed by atoms with Crippen LogP contribution in [0.25, 0.3) is 6.08 Å². The van der Waals surface area contributed by atoms with E-state index in [1.165, 1.54) is 30.4 Å². The van der Waals surface area contributed by atoms with E-state index in [4.69, 9.17) is 0 Å². The highest BCUT2D eigenvalue weighted by atomic mass is 79.9. The van der Waals surface area contributed by atoms with E-state index in [2.05, 4.69) is 15.9 Å². The number of allylic oxidation sites excluding steroid dienone is 1. The summed E-state index contributed by atoms with van der Waals surface area (Å²) in [7, 11) is 0. The van der Waals surface area contributed by atoms with Gasteiger partial charge in [0.15, 0.2) is 5.78 Å². The molecular formula is C15H10BrFO2. The van der Waals surface area contributed by atoms with E-state index in [9.17, 15) is 14.3 Å². The van der Waals surface area contributed by atoms with Crippen molar-refractivity contribution in [2.75, 3.05) is 0 Å². The highest BCUT2D eigenvalue weighted by Crippen LogP contribution is 2.22. The normalized spacial score (nSPS) is 10.8. The number of para-hydroxylation sites is 1. The molecule has 0 fully saturated rings. The fraction of sp³-hybridized carbons (Fsp3) is 0. The molecule has 0 aromatic heterocycles. The molecule has 0 spiro atoms. The van der Waals surface area contributed by atoms with Crippen molar-refractivity contribution in [1.82, 2.24) is 0 Å². The van der Waals surface area contributed by atoms with Gasteiger partial charge in [0, 0.05) is 10.0 Å². The van der Waals surface area contributed by atoms with E-state index < -0.39 is 5.82 Å². The Labute approximate surface area is 118 Å². The number of rotatable bonds is 3.